The Morgan fingerprint density at radius 3 is 2.56 bits per heavy atom. The number of anilines is 2. The SMILES string of the molecule is CC#CC(=O)N(c1ccc2c(n1)c(OC1CCC(C(=O)O)C1)nn2C)c1cc(C)c(C)cc1C1CC1. The Kier molecular flexibility index (Phi) is 6.17. The number of nitrogens with zero attached hydrogens (tertiary/aromatic N) is 4. The zero-order valence-electron chi connectivity index (χ0n) is 21.0. The summed E-state index contributed by atoms with van der Waals surface area (Å²) >= 11 is 0. The van der Waals surface area contributed by atoms with Gasteiger partial charge in [0.25, 0.3) is 5.88 Å². The van der Waals surface area contributed by atoms with Gasteiger partial charge in [-0.25, -0.2) is 4.98 Å². The molecular weight excluding hydrogens is 456 g/mol. The molecule has 2 aliphatic carbocycles. The highest BCUT2D eigenvalue weighted by Gasteiger charge is 2.33. The van der Waals surface area contributed by atoms with Crippen LogP contribution in [0.25, 0.3) is 11.0 Å². The zero-order chi connectivity index (χ0) is 25.6. The molecule has 2 unspecified atom stereocenters. The number of aryl methyl sites for hydroxylation is 3. The second-order valence-electron chi connectivity index (χ2n) is 9.84. The molecule has 8 heteroatoms. The van der Waals surface area contributed by atoms with Gasteiger partial charge in [0, 0.05) is 7.05 Å². The van der Waals surface area contributed by atoms with Crippen molar-refractivity contribution in [2.45, 2.75) is 64.9 Å². The summed E-state index contributed by atoms with van der Waals surface area (Å²) in [5.41, 5.74) is 5.53. The minimum Gasteiger partial charge on any atom is -0.481 e. The standard InChI is InChI=1S/C28H30N4O4/c1-5-6-25(33)32(23-14-17(3)16(2)13-21(23)18-7-8-18)24-12-11-22-26(29-24)27(30-31(22)4)36-20-10-9-19(15-20)28(34)35/h11-14,18-20H,7-10,15H2,1-4H3,(H,34,35). The fraction of sp³-hybridized carbons (Fsp3) is 0.429. The van der Waals surface area contributed by atoms with E-state index < -0.39 is 11.9 Å². The van der Waals surface area contributed by atoms with Gasteiger partial charge in [0.1, 0.15) is 11.9 Å². The van der Waals surface area contributed by atoms with Gasteiger partial charge in [0.2, 0.25) is 0 Å². The van der Waals surface area contributed by atoms with Gasteiger partial charge in [-0.2, -0.15) is 0 Å². The van der Waals surface area contributed by atoms with Crippen LogP contribution in [0.3, 0.4) is 0 Å². The summed E-state index contributed by atoms with van der Waals surface area (Å²) in [6, 6.07) is 7.92. The lowest BCUT2D eigenvalue weighted by molar-refractivity contribution is -0.141. The maximum Gasteiger partial charge on any atom is 0.308 e. The van der Waals surface area contributed by atoms with Crippen LogP contribution in [0.5, 0.6) is 5.88 Å². The minimum absolute atomic E-state index is 0.237. The Bertz CT molecular complexity index is 1430. The van der Waals surface area contributed by atoms with E-state index in [0.29, 0.717) is 42.4 Å². The van der Waals surface area contributed by atoms with Gasteiger partial charge in [-0.05, 0) is 99.6 Å². The van der Waals surface area contributed by atoms with E-state index in [4.69, 9.17) is 9.72 Å². The van der Waals surface area contributed by atoms with Gasteiger partial charge < -0.3 is 9.84 Å². The molecule has 0 aliphatic heterocycles. The molecule has 186 valence electrons. The second kappa shape index (κ2) is 9.30. The maximum absolute atomic E-state index is 13.3. The number of fused-ring (bicyclic) bond motifs is 1. The van der Waals surface area contributed by atoms with Crippen molar-refractivity contribution in [1.29, 1.82) is 0 Å². The molecule has 0 radical (unpaired) electrons. The van der Waals surface area contributed by atoms with Gasteiger partial charge in [0.05, 0.1) is 17.1 Å². The van der Waals surface area contributed by atoms with Crippen LogP contribution >= 0.6 is 0 Å². The highest BCUT2D eigenvalue weighted by Crippen LogP contribution is 2.46. The summed E-state index contributed by atoms with van der Waals surface area (Å²) in [7, 11) is 1.81. The number of carboxylic acid groups (broad SMARTS) is 1. The molecule has 1 aromatic carbocycles. The first-order valence-electron chi connectivity index (χ1n) is 12.4. The van der Waals surface area contributed by atoms with Crippen LogP contribution in [0.2, 0.25) is 0 Å². The molecule has 3 aromatic rings. The summed E-state index contributed by atoms with van der Waals surface area (Å²) < 4.78 is 7.85. The first-order valence-corrected chi connectivity index (χ1v) is 12.4. The van der Waals surface area contributed by atoms with Crippen molar-refractivity contribution in [2.75, 3.05) is 4.90 Å². The molecule has 2 aromatic heterocycles. The first kappa shape index (κ1) is 23.9. The van der Waals surface area contributed by atoms with Crippen molar-refractivity contribution >= 4 is 34.4 Å². The normalized spacial score (nSPS) is 19.1. The number of hydrogen-bond acceptors (Lipinski definition) is 5. The number of carbonyl (C=O) groups excluding carboxylic acids is 1. The van der Waals surface area contributed by atoms with E-state index in [2.05, 4.69) is 36.0 Å². The molecule has 1 N–H and O–H groups in total. The number of aliphatic carboxylic acids is 1. The predicted octanol–water partition coefficient (Wildman–Crippen LogP) is 4.78. The van der Waals surface area contributed by atoms with Gasteiger partial charge in [0.15, 0.2) is 5.52 Å². The van der Waals surface area contributed by atoms with Crippen LogP contribution in [-0.2, 0) is 16.6 Å². The largest absolute Gasteiger partial charge is 0.481 e. The van der Waals surface area contributed by atoms with Gasteiger partial charge in [-0.3, -0.25) is 19.2 Å². The van der Waals surface area contributed by atoms with Crippen LogP contribution in [0.15, 0.2) is 24.3 Å². The molecule has 2 fully saturated rings. The molecular formula is C28H30N4O4. The molecule has 8 nitrogen and oxygen atoms in total. The van der Waals surface area contributed by atoms with Crippen molar-refractivity contribution in [3.63, 3.8) is 0 Å². The molecule has 2 atom stereocenters. The monoisotopic (exact) mass is 486 g/mol. The maximum atomic E-state index is 13.3. The molecule has 36 heavy (non-hydrogen) atoms. The number of pyridine rings is 1. The third-order valence-corrected chi connectivity index (χ3v) is 7.23. The number of aromatic nitrogens is 3. The summed E-state index contributed by atoms with van der Waals surface area (Å²) in [5.74, 6) is 5.11. The number of benzene rings is 1. The summed E-state index contributed by atoms with van der Waals surface area (Å²) in [5, 5.41) is 13.9. The van der Waals surface area contributed by atoms with E-state index in [1.165, 1.54) is 5.56 Å². The van der Waals surface area contributed by atoms with Crippen molar-refractivity contribution in [3.05, 3.63) is 41.0 Å². The molecule has 0 bridgehead atoms. The number of rotatable bonds is 6. The van der Waals surface area contributed by atoms with E-state index in [-0.39, 0.29) is 12.0 Å². The number of hydrogen-bond donors (Lipinski definition) is 1. The minimum atomic E-state index is -0.793. The molecule has 2 aliphatic rings. The lowest BCUT2D eigenvalue weighted by atomic mass is 9.99. The highest BCUT2D eigenvalue weighted by atomic mass is 16.5. The van der Waals surface area contributed by atoms with E-state index >= 15 is 0 Å². The van der Waals surface area contributed by atoms with Crippen molar-refractivity contribution in [2.24, 2.45) is 13.0 Å². The third kappa shape index (κ3) is 4.41. The topological polar surface area (TPSA) is 97.6 Å². The zero-order valence-corrected chi connectivity index (χ0v) is 21.0. The predicted molar refractivity (Wildman–Crippen MR) is 136 cm³/mol. The molecule has 0 saturated heterocycles. The number of carbonyl (C=O) groups is 2. The van der Waals surface area contributed by atoms with E-state index in [0.717, 1.165) is 35.2 Å². The summed E-state index contributed by atoms with van der Waals surface area (Å²) in [6.45, 7) is 5.78. The number of carboxylic acids is 1. The van der Waals surface area contributed by atoms with E-state index in [9.17, 15) is 14.7 Å². The smallest absolute Gasteiger partial charge is 0.308 e. The van der Waals surface area contributed by atoms with Crippen molar-refractivity contribution < 1.29 is 19.4 Å². The lowest BCUT2D eigenvalue weighted by Gasteiger charge is -2.24. The van der Waals surface area contributed by atoms with Crippen LogP contribution < -0.4 is 9.64 Å². The molecule has 5 rings (SSSR count). The Balaban J connectivity index is 1.58. The lowest BCUT2D eigenvalue weighted by Crippen LogP contribution is -2.26. The molecule has 1 amide bonds. The van der Waals surface area contributed by atoms with Gasteiger partial charge in [-0.1, -0.05) is 12.0 Å². The number of amides is 1. The van der Waals surface area contributed by atoms with E-state index in [1.54, 1.807) is 16.5 Å². The van der Waals surface area contributed by atoms with Crippen LogP contribution in [0.1, 0.15) is 61.6 Å². The highest BCUT2D eigenvalue weighted by molar-refractivity contribution is 6.11. The van der Waals surface area contributed by atoms with Crippen LogP contribution in [0.4, 0.5) is 11.5 Å². The Morgan fingerprint density at radius 1 is 1.14 bits per heavy atom. The van der Waals surface area contributed by atoms with E-state index in [1.807, 2.05) is 26.1 Å². The summed E-state index contributed by atoms with van der Waals surface area (Å²) in [4.78, 5) is 31.2. The molecule has 0 spiro atoms. The van der Waals surface area contributed by atoms with Gasteiger partial charge >= 0.3 is 11.9 Å². The average molecular weight is 487 g/mol. The van der Waals surface area contributed by atoms with Gasteiger partial charge in [-0.15, -0.1) is 5.10 Å². The Hall–Kier alpha value is -3.86. The van der Waals surface area contributed by atoms with Crippen molar-refractivity contribution in [3.8, 4) is 17.7 Å². The quantitative estimate of drug-likeness (QED) is 0.504. The van der Waals surface area contributed by atoms with Crippen LogP contribution in [-0.4, -0.2) is 37.9 Å². The fourth-order valence-corrected chi connectivity index (χ4v) is 4.97. The molecule has 2 saturated carbocycles. The third-order valence-electron chi connectivity index (χ3n) is 7.23. The first-order chi connectivity index (χ1) is 17.3. The van der Waals surface area contributed by atoms with Crippen molar-refractivity contribution in [1.82, 2.24) is 14.8 Å². The Labute approximate surface area is 210 Å². The summed E-state index contributed by atoms with van der Waals surface area (Å²) in [6.07, 6.45) is 3.64. The second-order valence-corrected chi connectivity index (χ2v) is 9.84. The van der Waals surface area contributed by atoms with Crippen LogP contribution in [0, 0.1) is 31.6 Å². The Morgan fingerprint density at radius 2 is 1.89 bits per heavy atom. The fourth-order valence-electron chi connectivity index (χ4n) is 4.97. The number of ether oxygens (including phenoxy) is 1. The molecule has 2 heterocycles. The average Bonchev–Trinajstić information content (AvgIpc) is 3.50.